The number of carbonyl (C=O) groups excluding carboxylic acids is 1. The minimum Gasteiger partial charge on any atom is -0.492 e. The van der Waals surface area contributed by atoms with E-state index in [1.54, 1.807) is 18.2 Å². The predicted octanol–water partition coefficient (Wildman–Crippen LogP) is 7.80. The smallest absolute Gasteiger partial charge is 0.267 e. The van der Waals surface area contributed by atoms with Crippen LogP contribution >= 0.6 is 11.8 Å². The van der Waals surface area contributed by atoms with Crippen LogP contribution in [0.25, 0.3) is 17.0 Å². The summed E-state index contributed by atoms with van der Waals surface area (Å²) >= 11 is 1.34. The van der Waals surface area contributed by atoms with Gasteiger partial charge in [-0.1, -0.05) is 67.8 Å². The number of ether oxygens (including phenoxy) is 1. The molecule has 1 amide bonds. The summed E-state index contributed by atoms with van der Waals surface area (Å²) < 4.78 is 22.6. The first-order chi connectivity index (χ1) is 19.2. The molecule has 1 saturated carbocycles. The number of aromatic nitrogens is 1. The molecule has 0 N–H and O–H groups in total. The lowest BCUT2D eigenvalue weighted by molar-refractivity contribution is -0.124. The average molecular weight is 540 g/mol. The molecule has 3 aromatic carbocycles. The number of carbonyl (C=O) groups is 1. The zero-order chi connectivity index (χ0) is 26.6. The van der Waals surface area contributed by atoms with Crippen LogP contribution in [-0.4, -0.2) is 33.2 Å². The normalized spacial score (nSPS) is 18.5. The minimum absolute atomic E-state index is 0.0498. The highest BCUT2D eigenvalue weighted by Gasteiger charge is 2.39. The summed E-state index contributed by atoms with van der Waals surface area (Å²) in [6, 6.07) is 24.5. The Labute approximate surface area is 232 Å². The summed E-state index contributed by atoms with van der Waals surface area (Å²) in [6.07, 6.45) is 9.28. The van der Waals surface area contributed by atoms with Crippen LogP contribution < -0.4 is 4.74 Å². The molecule has 4 aromatic rings. The molecule has 7 heteroatoms. The van der Waals surface area contributed by atoms with Crippen molar-refractivity contribution >= 4 is 45.5 Å². The van der Waals surface area contributed by atoms with E-state index in [9.17, 15) is 9.18 Å². The Balaban J connectivity index is 1.32. The topological polar surface area (TPSA) is 46.8 Å². The summed E-state index contributed by atoms with van der Waals surface area (Å²) in [4.78, 5) is 20.9. The molecule has 0 unspecified atom stereocenters. The molecule has 198 valence electrons. The fourth-order valence-electron chi connectivity index (χ4n) is 5.37. The number of para-hydroxylation sites is 3. The fraction of sp³-hybridized carbons (Fsp3) is 0.250. The second-order valence-electron chi connectivity index (χ2n) is 9.88. The molecule has 2 heterocycles. The van der Waals surface area contributed by atoms with Crippen molar-refractivity contribution in [3.05, 3.63) is 101 Å². The molecule has 5 nitrogen and oxygen atoms in total. The molecule has 1 saturated heterocycles. The van der Waals surface area contributed by atoms with E-state index in [4.69, 9.17) is 4.74 Å². The van der Waals surface area contributed by atoms with Crippen LogP contribution in [-0.2, 0) is 11.3 Å². The van der Waals surface area contributed by atoms with Crippen LogP contribution in [0.5, 0.6) is 5.75 Å². The van der Waals surface area contributed by atoms with Gasteiger partial charge in [0.25, 0.3) is 5.91 Å². The van der Waals surface area contributed by atoms with Gasteiger partial charge in [0.2, 0.25) is 0 Å². The lowest BCUT2D eigenvalue weighted by atomic mass is 9.94. The first-order valence-electron chi connectivity index (χ1n) is 13.5. The molecule has 2 aliphatic rings. The van der Waals surface area contributed by atoms with Gasteiger partial charge < -0.3 is 9.30 Å². The third kappa shape index (κ3) is 5.50. The first-order valence-corrected chi connectivity index (χ1v) is 14.3. The molecule has 1 aliphatic heterocycles. The van der Waals surface area contributed by atoms with Gasteiger partial charge in [0.1, 0.15) is 23.9 Å². The van der Waals surface area contributed by atoms with Crippen LogP contribution in [0.4, 0.5) is 10.1 Å². The lowest BCUT2D eigenvalue weighted by Crippen LogP contribution is -2.40. The summed E-state index contributed by atoms with van der Waals surface area (Å²) in [5, 5.41) is 1.63. The van der Waals surface area contributed by atoms with Crippen molar-refractivity contribution in [3.63, 3.8) is 0 Å². The fourth-order valence-corrected chi connectivity index (χ4v) is 6.41. The van der Waals surface area contributed by atoms with E-state index in [-0.39, 0.29) is 23.5 Å². The lowest BCUT2D eigenvalue weighted by Gasteiger charge is -2.30. The second kappa shape index (κ2) is 11.5. The molecule has 0 atom stereocenters. The zero-order valence-corrected chi connectivity index (χ0v) is 22.4. The van der Waals surface area contributed by atoms with Crippen molar-refractivity contribution in [2.75, 3.05) is 6.61 Å². The molecule has 6 rings (SSSR count). The van der Waals surface area contributed by atoms with Crippen molar-refractivity contribution in [1.82, 2.24) is 9.47 Å². The van der Waals surface area contributed by atoms with Crippen LogP contribution in [0.2, 0.25) is 0 Å². The Bertz CT molecular complexity index is 1540. The maximum Gasteiger partial charge on any atom is 0.267 e. The van der Waals surface area contributed by atoms with Gasteiger partial charge in [0, 0.05) is 28.7 Å². The van der Waals surface area contributed by atoms with Gasteiger partial charge in [-0.05, 0) is 61.0 Å². The monoisotopic (exact) mass is 539 g/mol. The molecule has 0 bridgehead atoms. The number of benzene rings is 3. The third-order valence-corrected chi connectivity index (χ3v) is 8.28. The van der Waals surface area contributed by atoms with Gasteiger partial charge in [-0.3, -0.25) is 9.69 Å². The standard InChI is InChI=1S/C32H30FN3O2S/c33-27-16-8-9-17-28(27)34-32-36(24-11-3-1-4-12-24)31(37)30(39-32)21-23-22-35(29-18-10-7-15-26(23)29)19-20-38-25-13-5-2-6-14-25/h2,5-10,13-18,21-22,24H,1,3-4,11-12,19-20H2. The number of thioether (sulfide) groups is 1. The van der Waals surface area contributed by atoms with Gasteiger partial charge in [-0.2, -0.15) is 0 Å². The maximum absolute atomic E-state index is 14.5. The number of amidine groups is 1. The zero-order valence-electron chi connectivity index (χ0n) is 21.6. The van der Waals surface area contributed by atoms with Gasteiger partial charge in [0.05, 0.1) is 11.4 Å². The summed E-state index contributed by atoms with van der Waals surface area (Å²) in [6.45, 7) is 1.20. The molecular formula is C32H30FN3O2S. The van der Waals surface area contributed by atoms with Gasteiger partial charge in [-0.15, -0.1) is 0 Å². The summed E-state index contributed by atoms with van der Waals surface area (Å²) in [7, 11) is 0. The molecular weight excluding hydrogens is 509 g/mol. The molecule has 1 aliphatic carbocycles. The van der Waals surface area contributed by atoms with Crippen molar-refractivity contribution in [2.45, 2.75) is 44.7 Å². The maximum atomic E-state index is 14.5. The highest BCUT2D eigenvalue weighted by Crippen LogP contribution is 2.39. The van der Waals surface area contributed by atoms with Crippen molar-refractivity contribution in [2.24, 2.45) is 4.99 Å². The van der Waals surface area contributed by atoms with E-state index >= 15 is 0 Å². The number of hydrogen-bond donors (Lipinski definition) is 0. The van der Waals surface area contributed by atoms with E-state index in [0.717, 1.165) is 47.9 Å². The van der Waals surface area contributed by atoms with E-state index in [2.05, 4.69) is 27.9 Å². The average Bonchev–Trinajstić information content (AvgIpc) is 3.47. The van der Waals surface area contributed by atoms with E-state index in [0.29, 0.717) is 23.2 Å². The minimum atomic E-state index is -0.389. The van der Waals surface area contributed by atoms with E-state index in [1.165, 1.54) is 24.2 Å². The summed E-state index contributed by atoms with van der Waals surface area (Å²) in [5.41, 5.74) is 2.31. The number of nitrogens with zero attached hydrogens (tertiary/aromatic N) is 3. The van der Waals surface area contributed by atoms with Crippen molar-refractivity contribution in [1.29, 1.82) is 0 Å². The second-order valence-corrected chi connectivity index (χ2v) is 10.9. The Morgan fingerprint density at radius 1 is 0.949 bits per heavy atom. The quantitative estimate of drug-likeness (QED) is 0.225. The summed E-state index contributed by atoms with van der Waals surface area (Å²) in [5.74, 6) is 0.403. The number of halogens is 1. The Kier molecular flexibility index (Phi) is 7.50. The predicted molar refractivity (Wildman–Crippen MR) is 157 cm³/mol. The van der Waals surface area contributed by atoms with Crippen molar-refractivity contribution in [3.8, 4) is 5.75 Å². The van der Waals surface area contributed by atoms with Gasteiger partial charge in [-0.25, -0.2) is 9.38 Å². The number of aliphatic imine (C=N–C) groups is 1. The molecule has 2 fully saturated rings. The van der Waals surface area contributed by atoms with Crippen molar-refractivity contribution < 1.29 is 13.9 Å². The van der Waals surface area contributed by atoms with Gasteiger partial charge >= 0.3 is 0 Å². The number of hydrogen-bond acceptors (Lipinski definition) is 4. The van der Waals surface area contributed by atoms with Crippen LogP contribution in [0.1, 0.15) is 37.7 Å². The third-order valence-electron chi connectivity index (χ3n) is 7.30. The Morgan fingerprint density at radius 2 is 1.69 bits per heavy atom. The molecule has 39 heavy (non-hydrogen) atoms. The number of amides is 1. The van der Waals surface area contributed by atoms with E-state index in [1.807, 2.05) is 53.4 Å². The number of rotatable bonds is 7. The number of fused-ring (bicyclic) bond motifs is 1. The Morgan fingerprint density at radius 3 is 2.51 bits per heavy atom. The SMILES string of the molecule is O=C1C(=Cc2cn(CCOc3ccccc3)c3ccccc23)SC(=Nc2ccccc2F)N1C1CCCCC1. The molecule has 1 aromatic heterocycles. The Hall–Kier alpha value is -3.84. The largest absolute Gasteiger partial charge is 0.492 e. The van der Waals surface area contributed by atoms with Crippen LogP contribution in [0, 0.1) is 5.82 Å². The first kappa shape index (κ1) is 25.4. The van der Waals surface area contributed by atoms with Crippen LogP contribution in [0.15, 0.2) is 95.0 Å². The highest BCUT2D eigenvalue weighted by molar-refractivity contribution is 8.18. The van der Waals surface area contributed by atoms with E-state index < -0.39 is 0 Å². The van der Waals surface area contributed by atoms with Crippen LogP contribution in [0.3, 0.4) is 0 Å². The highest BCUT2D eigenvalue weighted by atomic mass is 32.2. The molecule has 0 radical (unpaired) electrons. The molecule has 0 spiro atoms. The van der Waals surface area contributed by atoms with Gasteiger partial charge in [0.15, 0.2) is 5.17 Å².